The number of urea groups is 1. The number of halogens is 1. The summed E-state index contributed by atoms with van der Waals surface area (Å²) in [7, 11) is 0. The Labute approximate surface area is 125 Å². The molecule has 0 aliphatic carbocycles. The first-order chi connectivity index (χ1) is 9.65. The average Bonchev–Trinajstić information content (AvgIpc) is 2.23. The van der Waals surface area contributed by atoms with Gasteiger partial charge in [-0.2, -0.15) is 0 Å². The summed E-state index contributed by atoms with van der Waals surface area (Å²) in [5, 5.41) is 9.23. The SMILES string of the molecule is CC1(C)CC(NC(=O)Nc2cccc(F)c2)CC(C)(C)N1. The molecule has 0 aromatic heterocycles. The molecule has 0 radical (unpaired) electrons. The number of amides is 2. The summed E-state index contributed by atoms with van der Waals surface area (Å²) in [6.07, 6.45) is 1.71. The van der Waals surface area contributed by atoms with Crippen LogP contribution in [0.25, 0.3) is 0 Å². The third kappa shape index (κ3) is 4.70. The van der Waals surface area contributed by atoms with E-state index in [1.807, 2.05) is 0 Å². The van der Waals surface area contributed by atoms with Crippen LogP contribution in [-0.2, 0) is 0 Å². The highest BCUT2D eigenvalue weighted by Gasteiger charge is 2.38. The summed E-state index contributed by atoms with van der Waals surface area (Å²) in [4.78, 5) is 12.0. The van der Waals surface area contributed by atoms with Crippen LogP contribution in [0.2, 0.25) is 0 Å². The molecule has 2 amide bonds. The van der Waals surface area contributed by atoms with Crippen molar-refractivity contribution in [1.29, 1.82) is 0 Å². The predicted molar refractivity (Wildman–Crippen MR) is 82.9 cm³/mol. The maximum atomic E-state index is 13.1. The molecule has 0 saturated carbocycles. The van der Waals surface area contributed by atoms with E-state index in [2.05, 4.69) is 43.6 Å². The lowest BCUT2D eigenvalue weighted by molar-refractivity contribution is 0.149. The third-order valence-electron chi connectivity index (χ3n) is 3.61. The molecule has 0 bridgehead atoms. The van der Waals surface area contributed by atoms with Gasteiger partial charge in [0.25, 0.3) is 0 Å². The minimum Gasteiger partial charge on any atom is -0.335 e. The van der Waals surface area contributed by atoms with Crippen molar-refractivity contribution in [3.05, 3.63) is 30.1 Å². The van der Waals surface area contributed by atoms with Crippen LogP contribution in [0.3, 0.4) is 0 Å². The Hall–Kier alpha value is -1.62. The molecule has 5 heteroatoms. The van der Waals surface area contributed by atoms with E-state index in [4.69, 9.17) is 0 Å². The third-order valence-corrected chi connectivity index (χ3v) is 3.61. The lowest BCUT2D eigenvalue weighted by Gasteiger charge is -2.46. The van der Waals surface area contributed by atoms with Gasteiger partial charge in [0.2, 0.25) is 0 Å². The molecule has 1 saturated heterocycles. The van der Waals surface area contributed by atoms with Crippen molar-refractivity contribution in [1.82, 2.24) is 10.6 Å². The second-order valence-corrected chi connectivity index (χ2v) is 7.11. The van der Waals surface area contributed by atoms with Crippen LogP contribution >= 0.6 is 0 Å². The zero-order valence-corrected chi connectivity index (χ0v) is 13.1. The van der Waals surface area contributed by atoms with Crippen LogP contribution in [0.5, 0.6) is 0 Å². The number of hydrogen-bond acceptors (Lipinski definition) is 2. The molecule has 1 aromatic rings. The van der Waals surface area contributed by atoms with Crippen LogP contribution in [0.1, 0.15) is 40.5 Å². The number of nitrogens with one attached hydrogen (secondary N) is 3. The highest BCUT2D eigenvalue weighted by Crippen LogP contribution is 2.28. The van der Waals surface area contributed by atoms with Crippen LogP contribution in [0, 0.1) is 5.82 Å². The topological polar surface area (TPSA) is 53.2 Å². The molecule has 0 unspecified atom stereocenters. The van der Waals surface area contributed by atoms with Gasteiger partial charge in [-0.05, 0) is 58.7 Å². The van der Waals surface area contributed by atoms with E-state index < -0.39 is 0 Å². The van der Waals surface area contributed by atoms with Gasteiger partial charge in [0.1, 0.15) is 5.82 Å². The maximum Gasteiger partial charge on any atom is 0.319 e. The Morgan fingerprint density at radius 2 is 1.86 bits per heavy atom. The van der Waals surface area contributed by atoms with Crippen LogP contribution in [0.4, 0.5) is 14.9 Å². The first kappa shape index (κ1) is 15.8. The van der Waals surface area contributed by atoms with E-state index in [1.54, 1.807) is 12.1 Å². The van der Waals surface area contributed by atoms with E-state index >= 15 is 0 Å². The minimum atomic E-state index is -0.364. The van der Waals surface area contributed by atoms with Crippen molar-refractivity contribution in [2.24, 2.45) is 0 Å². The molecule has 1 aliphatic heterocycles. The van der Waals surface area contributed by atoms with Crippen LogP contribution < -0.4 is 16.0 Å². The summed E-state index contributed by atoms with van der Waals surface area (Å²) in [5.41, 5.74) is 0.400. The van der Waals surface area contributed by atoms with E-state index in [0.717, 1.165) is 12.8 Å². The Kier molecular flexibility index (Phi) is 4.23. The van der Waals surface area contributed by atoms with E-state index in [-0.39, 0.29) is 29.0 Å². The minimum absolute atomic E-state index is 0.0292. The van der Waals surface area contributed by atoms with E-state index in [9.17, 15) is 9.18 Å². The quantitative estimate of drug-likeness (QED) is 0.784. The zero-order chi connectivity index (χ0) is 15.7. The van der Waals surface area contributed by atoms with Gasteiger partial charge in [-0.15, -0.1) is 0 Å². The first-order valence-electron chi connectivity index (χ1n) is 7.28. The number of anilines is 1. The van der Waals surface area contributed by atoms with Gasteiger partial charge in [0, 0.05) is 22.8 Å². The summed E-state index contributed by atoms with van der Waals surface area (Å²) in [5.74, 6) is -0.364. The van der Waals surface area contributed by atoms with E-state index in [0.29, 0.717) is 5.69 Å². The number of benzene rings is 1. The molecule has 1 fully saturated rings. The van der Waals surface area contributed by atoms with Gasteiger partial charge in [-0.25, -0.2) is 9.18 Å². The van der Waals surface area contributed by atoms with Crippen molar-refractivity contribution < 1.29 is 9.18 Å². The molecular formula is C16H24FN3O. The highest BCUT2D eigenvalue weighted by molar-refractivity contribution is 5.89. The maximum absolute atomic E-state index is 13.1. The normalized spacial score (nSPS) is 20.8. The molecular weight excluding hydrogens is 269 g/mol. The summed E-state index contributed by atoms with van der Waals surface area (Å²) >= 11 is 0. The lowest BCUT2D eigenvalue weighted by Crippen LogP contribution is -2.62. The molecule has 2 rings (SSSR count). The molecule has 21 heavy (non-hydrogen) atoms. The van der Waals surface area contributed by atoms with Gasteiger partial charge in [-0.3, -0.25) is 0 Å². The van der Waals surface area contributed by atoms with Crippen molar-refractivity contribution in [3.8, 4) is 0 Å². The van der Waals surface area contributed by atoms with Crippen molar-refractivity contribution in [3.63, 3.8) is 0 Å². The molecule has 1 aromatic carbocycles. The smallest absolute Gasteiger partial charge is 0.319 e. The van der Waals surface area contributed by atoms with Crippen LogP contribution in [0.15, 0.2) is 24.3 Å². The molecule has 0 atom stereocenters. The number of piperidine rings is 1. The highest BCUT2D eigenvalue weighted by atomic mass is 19.1. The number of hydrogen-bond donors (Lipinski definition) is 3. The van der Waals surface area contributed by atoms with Crippen molar-refractivity contribution >= 4 is 11.7 Å². The number of carbonyl (C=O) groups is 1. The second-order valence-electron chi connectivity index (χ2n) is 7.11. The molecule has 116 valence electrons. The van der Waals surface area contributed by atoms with Gasteiger partial charge in [0.15, 0.2) is 0 Å². The van der Waals surface area contributed by atoms with Crippen molar-refractivity contribution in [2.75, 3.05) is 5.32 Å². The Balaban J connectivity index is 1.96. The summed E-state index contributed by atoms with van der Waals surface area (Å²) in [6, 6.07) is 5.68. The molecule has 1 aliphatic rings. The largest absolute Gasteiger partial charge is 0.335 e. The predicted octanol–water partition coefficient (Wildman–Crippen LogP) is 3.26. The number of rotatable bonds is 2. The summed E-state index contributed by atoms with van der Waals surface area (Å²) < 4.78 is 13.1. The standard InChI is InChI=1S/C16H24FN3O/c1-15(2)9-13(10-16(3,4)20-15)19-14(21)18-12-7-5-6-11(17)8-12/h5-8,13,20H,9-10H2,1-4H3,(H2,18,19,21). The van der Waals surface area contributed by atoms with E-state index in [1.165, 1.54) is 12.1 Å². The molecule has 0 spiro atoms. The lowest BCUT2D eigenvalue weighted by atomic mass is 9.80. The van der Waals surface area contributed by atoms with Crippen LogP contribution in [-0.4, -0.2) is 23.2 Å². The monoisotopic (exact) mass is 293 g/mol. The molecule has 1 heterocycles. The molecule has 4 nitrogen and oxygen atoms in total. The fourth-order valence-electron chi connectivity index (χ4n) is 3.34. The van der Waals surface area contributed by atoms with Gasteiger partial charge in [0.05, 0.1) is 0 Å². The first-order valence-corrected chi connectivity index (χ1v) is 7.28. The van der Waals surface area contributed by atoms with Gasteiger partial charge < -0.3 is 16.0 Å². The summed E-state index contributed by atoms with van der Waals surface area (Å²) in [6.45, 7) is 8.53. The van der Waals surface area contributed by atoms with Gasteiger partial charge >= 0.3 is 6.03 Å². The number of carbonyl (C=O) groups excluding carboxylic acids is 1. The fraction of sp³-hybridized carbons (Fsp3) is 0.562. The Morgan fingerprint density at radius 1 is 1.24 bits per heavy atom. The zero-order valence-electron chi connectivity index (χ0n) is 13.1. The van der Waals surface area contributed by atoms with Gasteiger partial charge in [-0.1, -0.05) is 6.07 Å². The Bertz CT molecular complexity index is 512. The second kappa shape index (κ2) is 5.64. The average molecular weight is 293 g/mol. The fourth-order valence-corrected chi connectivity index (χ4v) is 3.34. The molecule has 3 N–H and O–H groups in total. The Morgan fingerprint density at radius 3 is 2.43 bits per heavy atom. The van der Waals surface area contributed by atoms with Crippen molar-refractivity contribution in [2.45, 2.75) is 57.7 Å².